The highest BCUT2D eigenvalue weighted by Crippen LogP contribution is 2.22. The molecule has 0 spiro atoms. The van der Waals surface area contributed by atoms with Crippen molar-refractivity contribution >= 4 is 22.6 Å². The van der Waals surface area contributed by atoms with Crippen molar-refractivity contribution < 1.29 is 4.79 Å². The number of nitrogens with zero attached hydrogens (tertiary/aromatic N) is 3. The zero-order valence-electron chi connectivity index (χ0n) is 15.1. The number of aryl methyl sites for hydroxylation is 1. The summed E-state index contributed by atoms with van der Waals surface area (Å²) in [7, 11) is 2.07. The standard InChI is InChI=1S/C21H24N4O/c1-24-19-10-6-5-9-18(19)23-20(24)15-25-13-11-16(12-14-25)21(26)22-17-7-3-2-4-8-17/h2-10,16H,11-15H2,1H3,(H,22,26). The minimum Gasteiger partial charge on any atom is -0.330 e. The maximum absolute atomic E-state index is 12.5. The molecular formula is C21H24N4O. The topological polar surface area (TPSA) is 50.2 Å². The molecule has 0 atom stereocenters. The summed E-state index contributed by atoms with van der Waals surface area (Å²) in [5.74, 6) is 1.31. The first-order valence-electron chi connectivity index (χ1n) is 9.19. The first-order chi connectivity index (χ1) is 12.7. The van der Waals surface area contributed by atoms with Crippen molar-refractivity contribution in [1.29, 1.82) is 0 Å². The van der Waals surface area contributed by atoms with Crippen LogP contribution in [0.4, 0.5) is 5.69 Å². The van der Waals surface area contributed by atoms with Gasteiger partial charge in [0, 0.05) is 18.7 Å². The average molecular weight is 348 g/mol. The fourth-order valence-corrected chi connectivity index (χ4v) is 3.66. The lowest BCUT2D eigenvalue weighted by Gasteiger charge is -2.30. The second-order valence-corrected chi connectivity index (χ2v) is 6.98. The first-order valence-corrected chi connectivity index (χ1v) is 9.19. The molecule has 1 amide bonds. The van der Waals surface area contributed by atoms with E-state index in [4.69, 9.17) is 4.98 Å². The lowest BCUT2D eigenvalue weighted by Crippen LogP contribution is -2.38. The van der Waals surface area contributed by atoms with Gasteiger partial charge < -0.3 is 9.88 Å². The normalized spacial score (nSPS) is 16.0. The minimum atomic E-state index is 0.0897. The fourth-order valence-electron chi connectivity index (χ4n) is 3.66. The smallest absolute Gasteiger partial charge is 0.227 e. The Kier molecular flexibility index (Phi) is 4.71. The summed E-state index contributed by atoms with van der Waals surface area (Å²) >= 11 is 0. The summed E-state index contributed by atoms with van der Waals surface area (Å²) in [4.78, 5) is 19.6. The lowest BCUT2D eigenvalue weighted by atomic mass is 9.96. The molecule has 5 heteroatoms. The number of carbonyl (C=O) groups is 1. The summed E-state index contributed by atoms with van der Waals surface area (Å²) in [6.45, 7) is 2.68. The van der Waals surface area contributed by atoms with E-state index >= 15 is 0 Å². The molecular weight excluding hydrogens is 324 g/mol. The number of rotatable bonds is 4. The molecule has 0 bridgehead atoms. The average Bonchev–Trinajstić information content (AvgIpc) is 2.99. The Bertz CT molecular complexity index is 895. The highest BCUT2D eigenvalue weighted by Gasteiger charge is 2.25. The summed E-state index contributed by atoms with van der Waals surface area (Å²) in [6.07, 6.45) is 1.78. The third-order valence-electron chi connectivity index (χ3n) is 5.24. The molecule has 2 heterocycles. The van der Waals surface area contributed by atoms with Gasteiger partial charge in [0.15, 0.2) is 0 Å². The van der Waals surface area contributed by atoms with Crippen LogP contribution in [0, 0.1) is 5.92 Å². The zero-order valence-corrected chi connectivity index (χ0v) is 15.1. The molecule has 4 rings (SSSR count). The van der Waals surface area contributed by atoms with Crippen molar-refractivity contribution in [2.75, 3.05) is 18.4 Å². The maximum atomic E-state index is 12.5. The SMILES string of the molecule is Cn1c(CN2CCC(C(=O)Nc3ccccc3)CC2)nc2ccccc21. The van der Waals surface area contributed by atoms with Crippen LogP contribution in [0.1, 0.15) is 18.7 Å². The molecule has 3 aromatic rings. The Morgan fingerprint density at radius 1 is 1.08 bits per heavy atom. The molecule has 2 aromatic carbocycles. The second kappa shape index (κ2) is 7.30. The number of hydrogen-bond donors (Lipinski definition) is 1. The van der Waals surface area contributed by atoms with Crippen LogP contribution in [-0.2, 0) is 18.4 Å². The number of amides is 1. The largest absolute Gasteiger partial charge is 0.330 e. The monoisotopic (exact) mass is 348 g/mol. The Morgan fingerprint density at radius 3 is 2.50 bits per heavy atom. The Balaban J connectivity index is 1.34. The Labute approximate surface area is 153 Å². The van der Waals surface area contributed by atoms with Gasteiger partial charge in [-0.05, 0) is 50.2 Å². The maximum Gasteiger partial charge on any atom is 0.227 e. The van der Waals surface area contributed by atoms with E-state index in [1.165, 1.54) is 5.52 Å². The van der Waals surface area contributed by atoms with Gasteiger partial charge in [-0.3, -0.25) is 9.69 Å². The minimum absolute atomic E-state index is 0.0897. The number of likely N-dealkylation sites (tertiary alicyclic amines) is 1. The van der Waals surface area contributed by atoms with Crippen LogP contribution in [0.2, 0.25) is 0 Å². The van der Waals surface area contributed by atoms with Crippen LogP contribution in [0.25, 0.3) is 11.0 Å². The van der Waals surface area contributed by atoms with Crippen molar-refractivity contribution in [1.82, 2.24) is 14.5 Å². The summed E-state index contributed by atoms with van der Waals surface area (Å²) in [5, 5.41) is 3.03. The number of carbonyl (C=O) groups excluding carboxylic acids is 1. The van der Waals surface area contributed by atoms with Gasteiger partial charge in [-0.1, -0.05) is 30.3 Å². The molecule has 5 nitrogen and oxygen atoms in total. The van der Waals surface area contributed by atoms with E-state index in [0.717, 1.165) is 49.5 Å². The van der Waals surface area contributed by atoms with Gasteiger partial charge in [0.1, 0.15) is 5.82 Å². The summed E-state index contributed by atoms with van der Waals surface area (Å²) in [6, 6.07) is 17.9. The van der Waals surface area contributed by atoms with Crippen LogP contribution in [0.3, 0.4) is 0 Å². The van der Waals surface area contributed by atoms with E-state index in [9.17, 15) is 4.79 Å². The molecule has 134 valence electrons. The molecule has 1 fully saturated rings. The van der Waals surface area contributed by atoms with E-state index in [2.05, 4.69) is 34.0 Å². The number of aromatic nitrogens is 2. The van der Waals surface area contributed by atoms with Crippen molar-refractivity contribution in [3.8, 4) is 0 Å². The molecule has 0 saturated carbocycles. The number of anilines is 1. The highest BCUT2D eigenvalue weighted by atomic mass is 16.1. The van der Waals surface area contributed by atoms with Gasteiger partial charge in [0.25, 0.3) is 0 Å². The van der Waals surface area contributed by atoms with E-state index in [0.29, 0.717) is 0 Å². The molecule has 0 aliphatic carbocycles. The molecule has 1 aliphatic rings. The van der Waals surface area contributed by atoms with Gasteiger partial charge in [-0.25, -0.2) is 4.98 Å². The van der Waals surface area contributed by atoms with Crippen molar-refractivity contribution in [2.45, 2.75) is 19.4 Å². The third-order valence-corrected chi connectivity index (χ3v) is 5.24. The third kappa shape index (κ3) is 3.48. The number of nitrogens with one attached hydrogen (secondary N) is 1. The Hall–Kier alpha value is -2.66. The number of fused-ring (bicyclic) bond motifs is 1. The van der Waals surface area contributed by atoms with Gasteiger partial charge >= 0.3 is 0 Å². The molecule has 1 N–H and O–H groups in total. The summed E-state index contributed by atoms with van der Waals surface area (Å²) in [5.41, 5.74) is 3.08. The first kappa shape index (κ1) is 16.8. The Morgan fingerprint density at radius 2 is 1.77 bits per heavy atom. The molecule has 0 unspecified atom stereocenters. The quantitative estimate of drug-likeness (QED) is 0.786. The van der Waals surface area contributed by atoms with E-state index in [1.807, 2.05) is 42.5 Å². The zero-order chi connectivity index (χ0) is 17.9. The molecule has 1 saturated heterocycles. The molecule has 1 aromatic heterocycles. The predicted octanol–water partition coefficient (Wildman–Crippen LogP) is 3.42. The molecule has 1 aliphatic heterocycles. The van der Waals surface area contributed by atoms with Gasteiger partial charge in [-0.2, -0.15) is 0 Å². The number of hydrogen-bond acceptors (Lipinski definition) is 3. The van der Waals surface area contributed by atoms with Gasteiger partial charge in [-0.15, -0.1) is 0 Å². The van der Waals surface area contributed by atoms with Gasteiger partial charge in [0.05, 0.1) is 17.6 Å². The molecule has 0 radical (unpaired) electrons. The van der Waals surface area contributed by atoms with E-state index in [1.54, 1.807) is 0 Å². The van der Waals surface area contributed by atoms with Crippen LogP contribution in [0.15, 0.2) is 54.6 Å². The van der Waals surface area contributed by atoms with Crippen molar-refractivity contribution in [3.63, 3.8) is 0 Å². The lowest BCUT2D eigenvalue weighted by molar-refractivity contribution is -0.121. The fraction of sp³-hybridized carbons (Fsp3) is 0.333. The number of piperidine rings is 1. The summed E-state index contributed by atoms with van der Waals surface area (Å²) < 4.78 is 2.17. The predicted molar refractivity (Wildman–Crippen MR) is 104 cm³/mol. The second-order valence-electron chi connectivity index (χ2n) is 6.98. The van der Waals surface area contributed by atoms with Crippen molar-refractivity contribution in [3.05, 3.63) is 60.4 Å². The number of para-hydroxylation sites is 3. The van der Waals surface area contributed by atoms with Crippen LogP contribution >= 0.6 is 0 Å². The van der Waals surface area contributed by atoms with Crippen LogP contribution in [-0.4, -0.2) is 33.4 Å². The van der Waals surface area contributed by atoms with Gasteiger partial charge in [0.2, 0.25) is 5.91 Å². The van der Waals surface area contributed by atoms with E-state index in [-0.39, 0.29) is 11.8 Å². The number of imidazole rings is 1. The van der Waals surface area contributed by atoms with Crippen molar-refractivity contribution in [2.24, 2.45) is 13.0 Å². The van der Waals surface area contributed by atoms with Crippen LogP contribution < -0.4 is 5.32 Å². The molecule has 26 heavy (non-hydrogen) atoms. The highest BCUT2D eigenvalue weighted by molar-refractivity contribution is 5.92. The number of benzene rings is 2. The van der Waals surface area contributed by atoms with E-state index < -0.39 is 0 Å². The van der Waals surface area contributed by atoms with Crippen LogP contribution in [0.5, 0.6) is 0 Å².